The molecule has 0 saturated heterocycles. The number of halogens is 5. The average Bonchev–Trinajstić information content (AvgIpc) is 2.79. The summed E-state index contributed by atoms with van der Waals surface area (Å²) in [6, 6.07) is 3.24. The summed E-state index contributed by atoms with van der Waals surface area (Å²) in [6.45, 7) is 0. The Morgan fingerprint density at radius 1 is 1.16 bits per heavy atom. The molecule has 0 amide bonds. The number of benzene rings is 1. The summed E-state index contributed by atoms with van der Waals surface area (Å²) in [7, 11) is 0. The first kappa shape index (κ1) is 16.6. The molecule has 0 bridgehead atoms. The maximum atomic E-state index is 12.7. The van der Waals surface area contributed by atoms with Gasteiger partial charge in [-0.3, -0.25) is 0 Å². The molecule has 6 heteroatoms. The van der Waals surface area contributed by atoms with Crippen LogP contribution in [0.3, 0.4) is 0 Å². The van der Waals surface area contributed by atoms with Gasteiger partial charge in [-0.2, -0.15) is 13.2 Å². The Morgan fingerprint density at radius 2 is 1.74 bits per heavy atom. The molecule has 19 heavy (non-hydrogen) atoms. The van der Waals surface area contributed by atoms with E-state index < -0.39 is 11.7 Å². The molecule has 1 aliphatic rings. The van der Waals surface area contributed by atoms with Crippen molar-refractivity contribution >= 4 is 24.0 Å². The number of alkyl halides is 3. The van der Waals surface area contributed by atoms with Crippen LogP contribution in [0, 0.1) is 5.92 Å². The Morgan fingerprint density at radius 3 is 2.26 bits per heavy atom. The Hall–Kier alpha value is -0.450. The number of rotatable bonds is 2. The van der Waals surface area contributed by atoms with Crippen molar-refractivity contribution in [3.05, 3.63) is 34.3 Å². The topological polar surface area (TPSA) is 26.0 Å². The summed E-state index contributed by atoms with van der Waals surface area (Å²) in [5.74, 6) is 0.268. The lowest BCUT2D eigenvalue weighted by molar-refractivity contribution is -0.137. The van der Waals surface area contributed by atoms with Crippen molar-refractivity contribution in [3.8, 4) is 0 Å². The highest BCUT2D eigenvalue weighted by Gasteiger charge is 2.32. The Kier molecular flexibility index (Phi) is 5.53. The number of nitrogens with two attached hydrogens (primary N) is 1. The minimum atomic E-state index is -4.38. The minimum absolute atomic E-state index is 0. The quantitative estimate of drug-likeness (QED) is 0.819. The van der Waals surface area contributed by atoms with Crippen LogP contribution in [0.1, 0.15) is 42.9 Å². The summed E-state index contributed by atoms with van der Waals surface area (Å²) in [5, 5.41) is 0.0910. The lowest BCUT2D eigenvalue weighted by Crippen LogP contribution is -2.20. The maximum absolute atomic E-state index is 12.7. The van der Waals surface area contributed by atoms with E-state index in [1.807, 2.05) is 0 Å². The fraction of sp³-hybridized carbons (Fsp3) is 0.538. The lowest BCUT2D eigenvalue weighted by atomic mass is 9.91. The Labute approximate surface area is 121 Å². The molecule has 0 heterocycles. The molecule has 1 nitrogen and oxygen atoms in total. The first-order chi connectivity index (χ1) is 8.38. The molecular weight excluding hydrogens is 298 g/mol. The van der Waals surface area contributed by atoms with Gasteiger partial charge in [0.05, 0.1) is 5.56 Å². The molecule has 0 radical (unpaired) electrons. The fourth-order valence-electron chi connectivity index (χ4n) is 2.56. The van der Waals surface area contributed by atoms with Gasteiger partial charge in [0.15, 0.2) is 0 Å². The molecule has 1 fully saturated rings. The first-order valence-corrected chi connectivity index (χ1v) is 6.39. The van der Waals surface area contributed by atoms with Crippen molar-refractivity contribution in [1.29, 1.82) is 0 Å². The normalized spacial score (nSPS) is 18.2. The van der Waals surface area contributed by atoms with E-state index in [2.05, 4.69) is 0 Å². The van der Waals surface area contributed by atoms with E-state index in [0.717, 1.165) is 37.8 Å². The summed E-state index contributed by atoms with van der Waals surface area (Å²) in [5.41, 5.74) is 5.82. The van der Waals surface area contributed by atoms with Crippen LogP contribution in [0.4, 0.5) is 13.2 Å². The van der Waals surface area contributed by atoms with E-state index in [1.165, 1.54) is 0 Å². The zero-order valence-electron chi connectivity index (χ0n) is 10.2. The zero-order valence-corrected chi connectivity index (χ0v) is 11.8. The standard InChI is InChI=1S/C13H15ClF3N.ClH/c14-11-6-9(5-10(7-11)13(15,16)17)12(18)8-3-1-2-4-8;/h5-8,12H,1-4,18H2;1H/t12-;/m1./s1. The smallest absolute Gasteiger partial charge is 0.324 e. The van der Waals surface area contributed by atoms with Gasteiger partial charge >= 0.3 is 6.18 Å². The van der Waals surface area contributed by atoms with Gasteiger partial charge in [-0.05, 0) is 42.5 Å². The van der Waals surface area contributed by atoms with Crippen LogP contribution in [0.25, 0.3) is 0 Å². The van der Waals surface area contributed by atoms with Gasteiger partial charge in [-0.15, -0.1) is 12.4 Å². The molecule has 108 valence electrons. The highest BCUT2D eigenvalue weighted by Crippen LogP contribution is 2.38. The molecule has 1 saturated carbocycles. The molecule has 2 rings (SSSR count). The lowest BCUT2D eigenvalue weighted by Gasteiger charge is -2.20. The minimum Gasteiger partial charge on any atom is -0.324 e. The van der Waals surface area contributed by atoms with Crippen molar-refractivity contribution in [2.75, 3.05) is 0 Å². The third-order valence-corrected chi connectivity index (χ3v) is 3.76. The van der Waals surface area contributed by atoms with E-state index in [-0.39, 0.29) is 29.4 Å². The highest BCUT2D eigenvalue weighted by molar-refractivity contribution is 6.30. The van der Waals surface area contributed by atoms with Crippen LogP contribution in [0.2, 0.25) is 5.02 Å². The largest absolute Gasteiger partial charge is 0.416 e. The molecule has 1 aromatic carbocycles. The van der Waals surface area contributed by atoms with Crippen LogP contribution >= 0.6 is 24.0 Å². The van der Waals surface area contributed by atoms with E-state index in [4.69, 9.17) is 17.3 Å². The van der Waals surface area contributed by atoms with E-state index in [0.29, 0.717) is 5.56 Å². The van der Waals surface area contributed by atoms with Crippen LogP contribution in [-0.4, -0.2) is 0 Å². The van der Waals surface area contributed by atoms with Crippen molar-refractivity contribution in [3.63, 3.8) is 0 Å². The molecule has 2 N–H and O–H groups in total. The Balaban J connectivity index is 0.00000180. The number of hydrogen-bond donors (Lipinski definition) is 1. The molecule has 0 aromatic heterocycles. The van der Waals surface area contributed by atoms with Gasteiger partial charge < -0.3 is 5.73 Å². The van der Waals surface area contributed by atoms with Gasteiger partial charge in [0.2, 0.25) is 0 Å². The van der Waals surface area contributed by atoms with Crippen molar-refractivity contribution < 1.29 is 13.2 Å². The van der Waals surface area contributed by atoms with Gasteiger partial charge in [-0.25, -0.2) is 0 Å². The second kappa shape index (κ2) is 6.33. The second-order valence-corrected chi connectivity index (χ2v) is 5.28. The molecular formula is C13H16Cl2F3N. The van der Waals surface area contributed by atoms with Gasteiger partial charge in [0, 0.05) is 11.1 Å². The predicted octanol–water partition coefficient (Wildman–Crippen LogP) is 4.97. The van der Waals surface area contributed by atoms with Crippen LogP contribution < -0.4 is 5.73 Å². The molecule has 0 aliphatic heterocycles. The summed E-state index contributed by atoms with van der Waals surface area (Å²) >= 11 is 5.75. The molecule has 0 unspecified atom stereocenters. The van der Waals surface area contributed by atoms with Crippen LogP contribution in [0.5, 0.6) is 0 Å². The van der Waals surface area contributed by atoms with Crippen molar-refractivity contribution in [1.82, 2.24) is 0 Å². The van der Waals surface area contributed by atoms with Gasteiger partial charge in [0.1, 0.15) is 0 Å². The van der Waals surface area contributed by atoms with E-state index in [1.54, 1.807) is 6.07 Å². The van der Waals surface area contributed by atoms with Gasteiger partial charge in [-0.1, -0.05) is 24.4 Å². The monoisotopic (exact) mass is 313 g/mol. The predicted molar refractivity (Wildman–Crippen MR) is 72.6 cm³/mol. The molecule has 1 aliphatic carbocycles. The molecule has 1 atom stereocenters. The molecule has 1 aromatic rings. The average molecular weight is 314 g/mol. The maximum Gasteiger partial charge on any atom is 0.416 e. The summed E-state index contributed by atoms with van der Waals surface area (Å²) in [6.07, 6.45) is -0.213. The summed E-state index contributed by atoms with van der Waals surface area (Å²) < 4.78 is 38.1. The third-order valence-electron chi connectivity index (χ3n) is 3.54. The first-order valence-electron chi connectivity index (χ1n) is 6.01. The van der Waals surface area contributed by atoms with E-state index in [9.17, 15) is 13.2 Å². The fourth-order valence-corrected chi connectivity index (χ4v) is 2.80. The SMILES string of the molecule is Cl.N[C@@H](c1cc(Cl)cc(C(F)(F)F)c1)C1CCCC1. The Bertz CT molecular complexity index is 428. The van der Waals surface area contributed by atoms with E-state index >= 15 is 0 Å². The van der Waals surface area contributed by atoms with Crippen LogP contribution in [-0.2, 0) is 6.18 Å². The van der Waals surface area contributed by atoms with Crippen molar-refractivity contribution in [2.24, 2.45) is 11.7 Å². The zero-order chi connectivity index (χ0) is 13.3. The second-order valence-electron chi connectivity index (χ2n) is 4.84. The number of hydrogen-bond acceptors (Lipinski definition) is 1. The van der Waals surface area contributed by atoms with Crippen molar-refractivity contribution in [2.45, 2.75) is 37.9 Å². The van der Waals surface area contributed by atoms with Crippen LogP contribution in [0.15, 0.2) is 18.2 Å². The van der Waals surface area contributed by atoms with Gasteiger partial charge in [0.25, 0.3) is 0 Å². The third kappa shape index (κ3) is 4.01. The summed E-state index contributed by atoms with van der Waals surface area (Å²) in [4.78, 5) is 0. The molecule has 0 spiro atoms. The highest BCUT2D eigenvalue weighted by atomic mass is 35.5.